The van der Waals surface area contributed by atoms with Gasteiger partial charge in [0.2, 0.25) is 6.23 Å². The van der Waals surface area contributed by atoms with Crippen LogP contribution >= 0.6 is 23.2 Å². The third-order valence-corrected chi connectivity index (χ3v) is 5.62. The Morgan fingerprint density at radius 3 is 2.44 bits per heavy atom. The number of benzene rings is 3. The van der Waals surface area contributed by atoms with E-state index in [-0.39, 0.29) is 12.3 Å². The van der Waals surface area contributed by atoms with Gasteiger partial charge in [0.25, 0.3) is 0 Å². The number of ether oxygens (including phenoxy) is 1. The minimum atomic E-state index is -0.304. The Kier molecular flexibility index (Phi) is 4.07. The van der Waals surface area contributed by atoms with Gasteiger partial charge >= 0.3 is 0 Å². The molecule has 3 aromatic carbocycles. The second-order valence-corrected chi connectivity index (χ2v) is 7.53. The van der Waals surface area contributed by atoms with Gasteiger partial charge in [0.15, 0.2) is 0 Å². The van der Waals surface area contributed by atoms with Gasteiger partial charge in [0.05, 0.1) is 11.8 Å². The van der Waals surface area contributed by atoms with Crippen molar-refractivity contribution in [2.75, 3.05) is 0 Å². The highest BCUT2D eigenvalue weighted by Gasteiger charge is 2.41. The summed E-state index contributed by atoms with van der Waals surface area (Å²) in [6.07, 6.45) is 0.482. The first-order valence-corrected chi connectivity index (χ1v) is 9.58. The zero-order chi connectivity index (χ0) is 18.4. The zero-order valence-electron chi connectivity index (χ0n) is 14.3. The molecule has 0 saturated heterocycles. The lowest BCUT2D eigenvalue weighted by Gasteiger charge is -2.38. The molecule has 2 atom stereocenters. The summed E-state index contributed by atoms with van der Waals surface area (Å²) >= 11 is 12.5. The van der Waals surface area contributed by atoms with Crippen LogP contribution in [-0.4, -0.2) is 10.7 Å². The molecule has 0 aromatic heterocycles. The predicted molar refractivity (Wildman–Crippen MR) is 108 cm³/mol. The van der Waals surface area contributed by atoms with Crippen LogP contribution in [0.2, 0.25) is 10.0 Å². The van der Waals surface area contributed by atoms with Gasteiger partial charge in [-0.05, 0) is 24.3 Å². The molecule has 2 aliphatic rings. The maximum absolute atomic E-state index is 6.43. The van der Waals surface area contributed by atoms with E-state index in [9.17, 15) is 0 Å². The van der Waals surface area contributed by atoms with Crippen molar-refractivity contribution < 1.29 is 4.74 Å². The molecule has 0 fully saturated rings. The highest BCUT2D eigenvalue weighted by molar-refractivity contribution is 6.34. The first-order chi connectivity index (χ1) is 13.2. The number of hydrazone groups is 1. The number of hydrogen-bond donors (Lipinski definition) is 0. The van der Waals surface area contributed by atoms with E-state index in [1.165, 1.54) is 0 Å². The first kappa shape index (κ1) is 16.7. The number of fused-ring (bicyclic) bond motifs is 3. The number of rotatable bonds is 2. The minimum absolute atomic E-state index is 0.113. The summed E-state index contributed by atoms with van der Waals surface area (Å²) in [5, 5.41) is 8.39. The molecule has 0 unspecified atom stereocenters. The van der Waals surface area contributed by atoms with Crippen molar-refractivity contribution in [2.24, 2.45) is 5.10 Å². The van der Waals surface area contributed by atoms with Crippen LogP contribution in [0.3, 0.4) is 0 Å². The summed E-state index contributed by atoms with van der Waals surface area (Å²) in [7, 11) is 0. The third kappa shape index (κ3) is 2.88. The lowest BCUT2D eigenvalue weighted by molar-refractivity contribution is -0.0190. The van der Waals surface area contributed by atoms with E-state index in [1.54, 1.807) is 0 Å². The Balaban J connectivity index is 1.61. The number of halogens is 2. The molecule has 3 nitrogen and oxygen atoms in total. The smallest absolute Gasteiger partial charge is 0.213 e. The van der Waals surface area contributed by atoms with E-state index in [0.29, 0.717) is 10.0 Å². The van der Waals surface area contributed by atoms with Crippen LogP contribution in [-0.2, 0) is 0 Å². The zero-order valence-corrected chi connectivity index (χ0v) is 15.9. The minimum Gasteiger partial charge on any atom is -0.464 e. The largest absolute Gasteiger partial charge is 0.464 e. The van der Waals surface area contributed by atoms with Crippen LogP contribution < -0.4 is 4.74 Å². The summed E-state index contributed by atoms with van der Waals surface area (Å²) in [5.41, 5.74) is 4.11. The summed E-state index contributed by atoms with van der Waals surface area (Å²) in [6, 6.07) is 23.8. The van der Waals surface area contributed by atoms with Gasteiger partial charge in [-0.3, -0.25) is 0 Å². The summed E-state index contributed by atoms with van der Waals surface area (Å²) < 4.78 is 6.33. The van der Waals surface area contributed by atoms with Crippen molar-refractivity contribution >= 4 is 28.9 Å². The molecule has 2 aliphatic heterocycles. The quantitative estimate of drug-likeness (QED) is 0.513. The van der Waals surface area contributed by atoms with E-state index in [4.69, 9.17) is 33.0 Å². The molecule has 134 valence electrons. The number of nitrogens with zero attached hydrogens (tertiary/aromatic N) is 2. The van der Waals surface area contributed by atoms with Gasteiger partial charge < -0.3 is 4.74 Å². The standard InChI is InChI=1S/C22H16Cl2N2O/c23-15-11-9-14(10-12-15)22-26-20(17-6-2-4-8-21(17)27-22)13-19(25-26)16-5-1-3-7-18(16)24/h1-12,20,22H,13H2/t20-,22-/m0/s1. The average Bonchev–Trinajstić information content (AvgIpc) is 3.14. The molecule has 5 heteroatoms. The van der Waals surface area contributed by atoms with Crippen LogP contribution in [0.15, 0.2) is 77.9 Å². The lowest BCUT2D eigenvalue weighted by atomic mass is 9.96. The molecule has 0 aliphatic carbocycles. The Hall–Kier alpha value is -2.49. The lowest BCUT2D eigenvalue weighted by Crippen LogP contribution is -2.33. The predicted octanol–water partition coefficient (Wildman–Crippen LogP) is 6.24. The SMILES string of the molecule is Clc1ccc([C@@H]2Oc3ccccc3[C@@H]3CC(c4ccccc4Cl)=NN32)cc1. The fraction of sp³-hybridized carbons (Fsp3) is 0.136. The van der Waals surface area contributed by atoms with Crippen molar-refractivity contribution in [1.82, 2.24) is 5.01 Å². The molecular weight excluding hydrogens is 379 g/mol. The van der Waals surface area contributed by atoms with E-state index in [1.807, 2.05) is 71.7 Å². The monoisotopic (exact) mass is 394 g/mol. The number of hydrogen-bond acceptors (Lipinski definition) is 3. The Morgan fingerprint density at radius 1 is 0.889 bits per heavy atom. The van der Waals surface area contributed by atoms with Crippen molar-refractivity contribution in [3.05, 3.63) is 99.5 Å². The molecule has 0 bridgehead atoms. The summed E-state index contributed by atoms with van der Waals surface area (Å²) in [5.74, 6) is 0.898. The maximum atomic E-state index is 6.43. The Morgan fingerprint density at radius 2 is 1.63 bits per heavy atom. The van der Waals surface area contributed by atoms with Crippen molar-refractivity contribution in [3.63, 3.8) is 0 Å². The first-order valence-electron chi connectivity index (χ1n) is 8.82. The molecule has 5 rings (SSSR count). The van der Waals surface area contributed by atoms with Gasteiger partial charge in [0, 0.05) is 33.2 Å². The molecular formula is C22H16Cl2N2O. The summed E-state index contributed by atoms with van der Waals surface area (Å²) in [4.78, 5) is 0. The molecule has 0 saturated carbocycles. The fourth-order valence-corrected chi connectivity index (χ4v) is 4.11. The van der Waals surface area contributed by atoms with Crippen molar-refractivity contribution in [2.45, 2.75) is 18.7 Å². The Bertz CT molecular complexity index is 1030. The van der Waals surface area contributed by atoms with Crippen molar-refractivity contribution in [1.29, 1.82) is 0 Å². The normalized spacial score (nSPS) is 20.5. The van der Waals surface area contributed by atoms with Crippen molar-refractivity contribution in [3.8, 4) is 5.75 Å². The van der Waals surface area contributed by atoms with Gasteiger partial charge in [-0.25, -0.2) is 5.01 Å². The highest BCUT2D eigenvalue weighted by Crippen LogP contribution is 2.47. The average molecular weight is 395 g/mol. The van der Waals surface area contributed by atoms with Gasteiger partial charge in [-0.1, -0.05) is 71.7 Å². The van der Waals surface area contributed by atoms with E-state index in [0.717, 1.165) is 34.6 Å². The molecule has 3 aromatic rings. The fourth-order valence-electron chi connectivity index (χ4n) is 3.74. The number of para-hydroxylation sites is 1. The van der Waals surface area contributed by atoms with Crippen LogP contribution in [0.1, 0.15) is 35.4 Å². The van der Waals surface area contributed by atoms with Crippen LogP contribution in [0.5, 0.6) is 5.75 Å². The van der Waals surface area contributed by atoms with E-state index < -0.39 is 0 Å². The highest BCUT2D eigenvalue weighted by atomic mass is 35.5. The van der Waals surface area contributed by atoms with Crippen LogP contribution in [0.25, 0.3) is 0 Å². The van der Waals surface area contributed by atoms with E-state index >= 15 is 0 Å². The second-order valence-electron chi connectivity index (χ2n) is 6.69. The summed E-state index contributed by atoms with van der Waals surface area (Å²) in [6.45, 7) is 0. The van der Waals surface area contributed by atoms with Gasteiger partial charge in [-0.2, -0.15) is 5.10 Å². The molecule has 0 spiro atoms. The van der Waals surface area contributed by atoms with Gasteiger partial charge in [0.1, 0.15) is 5.75 Å². The second kappa shape index (κ2) is 6.59. The molecule has 27 heavy (non-hydrogen) atoms. The van der Waals surface area contributed by atoms with Crippen LogP contribution in [0.4, 0.5) is 0 Å². The Labute approximate surface area is 167 Å². The maximum Gasteiger partial charge on any atom is 0.213 e. The third-order valence-electron chi connectivity index (χ3n) is 5.04. The molecule has 0 radical (unpaired) electrons. The molecule has 0 amide bonds. The van der Waals surface area contributed by atoms with Crippen LogP contribution in [0, 0.1) is 0 Å². The molecule has 0 N–H and O–H groups in total. The molecule has 2 heterocycles. The van der Waals surface area contributed by atoms with E-state index in [2.05, 4.69) is 6.07 Å². The van der Waals surface area contributed by atoms with Gasteiger partial charge in [-0.15, -0.1) is 0 Å². The topological polar surface area (TPSA) is 24.8 Å².